The molecule has 0 atom stereocenters. The Kier molecular flexibility index (Phi) is 24.6. The van der Waals surface area contributed by atoms with Gasteiger partial charge < -0.3 is 67.9 Å². The summed E-state index contributed by atoms with van der Waals surface area (Å²) in [5.74, 6) is 0. The maximum absolute atomic E-state index is 4.13. The van der Waals surface area contributed by atoms with Crippen LogP contribution in [0.3, 0.4) is 0 Å². The van der Waals surface area contributed by atoms with E-state index in [1.165, 1.54) is 66.4 Å². The van der Waals surface area contributed by atoms with Crippen molar-refractivity contribution >= 4 is 10.8 Å². The van der Waals surface area contributed by atoms with E-state index in [4.69, 9.17) is 0 Å². The van der Waals surface area contributed by atoms with Crippen LogP contribution >= 0.6 is 0 Å². The second-order valence-corrected chi connectivity index (χ2v) is 13.5. The van der Waals surface area contributed by atoms with Crippen LogP contribution in [0.25, 0.3) is 10.8 Å². The van der Waals surface area contributed by atoms with E-state index in [1.807, 2.05) is 74.9 Å². The van der Waals surface area contributed by atoms with Crippen LogP contribution in [0.5, 0.6) is 0 Å². The molecule has 0 bridgehead atoms. The van der Waals surface area contributed by atoms with Crippen LogP contribution in [0.2, 0.25) is 0 Å². The first kappa shape index (κ1) is 54.2. The van der Waals surface area contributed by atoms with Crippen molar-refractivity contribution in [3.05, 3.63) is 191 Å². The minimum Gasteiger partial charge on any atom is -1.00 e. The van der Waals surface area contributed by atoms with Gasteiger partial charge in [-0.15, -0.1) is 0 Å². The normalized spacial score (nSPS) is 9.69. The number of nitrogens with zero attached hydrogens (tertiary/aromatic N) is 8. The van der Waals surface area contributed by atoms with Crippen molar-refractivity contribution in [1.29, 1.82) is 0 Å². The van der Waals surface area contributed by atoms with E-state index in [0.717, 1.165) is 26.2 Å². The SMILES string of the molecule is Cc1cc(C)c(Cn2ccnc2)c(C)c1Cn1ccnc1.Cc1cc(C)c(Cn2ccnc2)c(C)c1Cn1ccnc1.[Cl-].[Cl-].[Cl-].[Cl-].[Cu+2].[Cu+2].c1ccc2ccccc2c1. The number of halogens is 4. The molecule has 0 amide bonds. The smallest absolute Gasteiger partial charge is 1.00 e. The Bertz CT molecular complexity index is 2010. The minimum absolute atomic E-state index is 0. The molecule has 8 aromatic rings. The first-order valence-corrected chi connectivity index (χ1v) is 17.7. The molecule has 0 unspecified atom stereocenters. The Morgan fingerprint density at radius 3 is 0.793 bits per heavy atom. The monoisotopic (exact) mass is 954 g/mol. The largest absolute Gasteiger partial charge is 2.00 e. The Labute approximate surface area is 388 Å². The van der Waals surface area contributed by atoms with Gasteiger partial charge in [0.2, 0.25) is 0 Å². The summed E-state index contributed by atoms with van der Waals surface area (Å²) in [7, 11) is 0. The van der Waals surface area contributed by atoms with E-state index in [1.54, 1.807) is 0 Å². The second-order valence-electron chi connectivity index (χ2n) is 13.5. The van der Waals surface area contributed by atoms with E-state index in [2.05, 4.69) is 140 Å². The van der Waals surface area contributed by atoms with Gasteiger partial charge in [-0.25, -0.2) is 19.9 Å². The maximum Gasteiger partial charge on any atom is 2.00 e. The molecule has 4 aromatic heterocycles. The third-order valence-corrected chi connectivity index (χ3v) is 9.84. The van der Waals surface area contributed by atoms with Crippen LogP contribution in [0.1, 0.15) is 55.6 Å². The van der Waals surface area contributed by atoms with E-state index in [-0.39, 0.29) is 83.8 Å². The number of benzene rings is 4. The van der Waals surface area contributed by atoms with E-state index < -0.39 is 0 Å². The van der Waals surface area contributed by atoms with Crippen molar-refractivity contribution in [3.63, 3.8) is 0 Å². The molecule has 0 aliphatic heterocycles. The Hall–Kier alpha value is -3.82. The molecule has 0 fully saturated rings. The summed E-state index contributed by atoms with van der Waals surface area (Å²) < 4.78 is 8.47. The zero-order valence-electron chi connectivity index (χ0n) is 33.2. The predicted octanol–water partition coefficient (Wildman–Crippen LogP) is -2.95. The van der Waals surface area contributed by atoms with Gasteiger partial charge >= 0.3 is 34.1 Å². The van der Waals surface area contributed by atoms with Gasteiger partial charge in [-0.1, -0.05) is 60.7 Å². The zero-order valence-corrected chi connectivity index (χ0v) is 38.1. The minimum atomic E-state index is 0. The number of rotatable bonds is 8. The average molecular weight is 958 g/mol. The molecule has 0 aliphatic rings. The van der Waals surface area contributed by atoms with Crippen molar-refractivity contribution in [1.82, 2.24) is 38.2 Å². The number of imidazole rings is 4. The summed E-state index contributed by atoms with van der Waals surface area (Å²) in [6.45, 7) is 16.7. The molecular weight excluding hydrogens is 909 g/mol. The number of aryl methyl sites for hydroxylation is 4. The van der Waals surface area contributed by atoms with Gasteiger partial charge in [0, 0.05) is 75.8 Å². The van der Waals surface area contributed by atoms with Crippen LogP contribution in [-0.2, 0) is 60.3 Å². The first-order chi connectivity index (χ1) is 25.3. The molecule has 2 radical (unpaired) electrons. The fourth-order valence-electron chi connectivity index (χ4n) is 6.90. The van der Waals surface area contributed by atoms with E-state index in [0.29, 0.717) is 0 Å². The van der Waals surface area contributed by atoms with Gasteiger partial charge in [0.1, 0.15) is 0 Å². The summed E-state index contributed by atoms with van der Waals surface area (Å²) in [5.41, 5.74) is 13.6. The van der Waals surface area contributed by atoms with Crippen molar-refractivity contribution in [2.45, 2.75) is 67.7 Å². The van der Waals surface area contributed by atoms with Crippen molar-refractivity contribution < 1.29 is 83.8 Å². The quantitative estimate of drug-likeness (QED) is 0.153. The molecule has 14 heteroatoms. The maximum atomic E-state index is 4.13. The molecule has 0 saturated carbocycles. The number of aromatic nitrogens is 8. The molecule has 8 nitrogen and oxygen atoms in total. The molecule has 0 spiro atoms. The van der Waals surface area contributed by atoms with Crippen molar-refractivity contribution in [2.75, 3.05) is 0 Å². The third kappa shape index (κ3) is 14.2. The van der Waals surface area contributed by atoms with Crippen LogP contribution in [0, 0.1) is 41.5 Å². The summed E-state index contributed by atoms with van der Waals surface area (Å²) in [5, 5.41) is 2.62. The van der Waals surface area contributed by atoms with Crippen LogP contribution in [0.15, 0.2) is 136 Å². The molecular formula is C44H48Cl4Cu2N8. The Balaban J connectivity index is 0.000000839. The fourth-order valence-corrected chi connectivity index (χ4v) is 6.90. The fraction of sp³-hybridized carbons (Fsp3) is 0.227. The van der Waals surface area contributed by atoms with Gasteiger partial charge in [-0.3, -0.25) is 0 Å². The van der Waals surface area contributed by atoms with Gasteiger partial charge in [0.05, 0.1) is 25.3 Å². The Morgan fingerprint density at radius 2 is 0.603 bits per heavy atom. The summed E-state index contributed by atoms with van der Waals surface area (Å²) in [6.07, 6.45) is 22.8. The van der Waals surface area contributed by atoms with Gasteiger partial charge in [0.25, 0.3) is 0 Å². The number of hydrogen-bond donors (Lipinski definition) is 0. The molecule has 4 aromatic carbocycles. The number of fused-ring (bicyclic) bond motifs is 1. The summed E-state index contributed by atoms with van der Waals surface area (Å²) in [6, 6.07) is 21.3. The van der Waals surface area contributed by atoms with E-state index in [9.17, 15) is 0 Å². The van der Waals surface area contributed by atoms with Gasteiger partial charge in [-0.05, 0) is 108 Å². The molecule has 0 aliphatic carbocycles. The molecule has 8 rings (SSSR count). The topological polar surface area (TPSA) is 71.3 Å². The van der Waals surface area contributed by atoms with Crippen molar-refractivity contribution in [2.24, 2.45) is 0 Å². The summed E-state index contributed by atoms with van der Waals surface area (Å²) in [4.78, 5) is 16.5. The number of hydrogen-bond acceptors (Lipinski definition) is 4. The standard InChI is InChI=1S/2C17H20N4.C10H8.4ClH.2Cu/c2*1-13-8-14(2)17(10-21-7-5-19-12-21)15(3)16(13)9-20-6-4-18-11-20;1-2-6-10-8-4-3-7-9(10)5-1;;;;;;/h2*4-8,11-12H,9-10H2,1-3H3;1-8H;4*1H;;/q;;;;;;;2*+2/p-4. The Morgan fingerprint density at radius 1 is 0.379 bits per heavy atom. The van der Waals surface area contributed by atoms with Crippen LogP contribution in [0.4, 0.5) is 0 Å². The van der Waals surface area contributed by atoms with Crippen LogP contribution in [-0.4, -0.2) is 38.2 Å². The first-order valence-electron chi connectivity index (χ1n) is 17.7. The molecule has 0 saturated heterocycles. The third-order valence-electron chi connectivity index (χ3n) is 9.84. The predicted molar refractivity (Wildman–Crippen MR) is 211 cm³/mol. The van der Waals surface area contributed by atoms with E-state index >= 15 is 0 Å². The average Bonchev–Trinajstić information content (AvgIpc) is 4.00. The second kappa shape index (κ2) is 26.3. The molecule has 0 N–H and O–H groups in total. The molecule has 314 valence electrons. The zero-order chi connectivity index (χ0) is 36.5. The van der Waals surface area contributed by atoms with Gasteiger partial charge in [-0.2, -0.15) is 0 Å². The molecule has 58 heavy (non-hydrogen) atoms. The van der Waals surface area contributed by atoms with Crippen molar-refractivity contribution in [3.8, 4) is 0 Å². The van der Waals surface area contributed by atoms with Crippen LogP contribution < -0.4 is 49.6 Å². The van der Waals surface area contributed by atoms with Gasteiger partial charge in [0.15, 0.2) is 0 Å². The molecule has 4 heterocycles. The summed E-state index contributed by atoms with van der Waals surface area (Å²) >= 11 is 0.